The zero-order valence-electron chi connectivity index (χ0n) is 16.5. The Hall–Kier alpha value is -2.19. The number of hydrogen-bond acceptors (Lipinski definition) is 6. The minimum Gasteiger partial charge on any atom is -0.319 e. The van der Waals surface area contributed by atoms with Gasteiger partial charge < -0.3 is 14.4 Å². The van der Waals surface area contributed by atoms with Crippen LogP contribution in [0.15, 0.2) is 59.5 Å². The molecule has 0 saturated heterocycles. The second-order valence-corrected chi connectivity index (χ2v) is 9.88. The van der Waals surface area contributed by atoms with Gasteiger partial charge in [-0.3, -0.25) is 4.57 Å². The molecule has 0 aliphatic rings. The molecule has 2 N–H and O–H groups in total. The third-order valence-electron chi connectivity index (χ3n) is 3.88. The van der Waals surface area contributed by atoms with Gasteiger partial charge in [0.15, 0.2) is 5.78 Å². The van der Waals surface area contributed by atoms with Gasteiger partial charge >= 0.3 is 13.6 Å². The van der Waals surface area contributed by atoms with Crippen molar-refractivity contribution in [2.45, 2.75) is 31.4 Å². The normalized spacial score (nSPS) is 12.9. The molecular formula is C19H25N2O6PS. The van der Waals surface area contributed by atoms with E-state index in [0.29, 0.717) is 5.56 Å². The lowest BCUT2D eigenvalue weighted by Crippen LogP contribution is -2.41. The molecule has 0 radical (unpaired) electrons. The van der Waals surface area contributed by atoms with Gasteiger partial charge in [0.1, 0.15) is 0 Å². The Labute approximate surface area is 171 Å². The zero-order valence-corrected chi connectivity index (χ0v) is 18.2. The number of rotatable bonds is 9. The molecule has 1 atom stereocenters. The molecule has 0 bridgehead atoms. The molecule has 0 fully saturated rings. The lowest BCUT2D eigenvalue weighted by molar-refractivity contribution is 0.204. The van der Waals surface area contributed by atoms with Gasteiger partial charge in [0.2, 0.25) is 0 Å². The molecular weight excluding hydrogens is 415 g/mol. The van der Waals surface area contributed by atoms with Crippen LogP contribution in [0.2, 0.25) is 0 Å². The fourth-order valence-corrected chi connectivity index (χ4v) is 5.40. The number of nitrogens with one attached hydrogen (secondary N) is 2. The standard InChI is InChI=1S/C19H25N2O6PS/c1-4-26-28(23,27-5-2)18(16-9-7-6-8-10-16)20-19(22)21-29(24,25)17-13-11-15(3)12-14-17/h6-14,18H,4-5H2,1-3H3,(H2,20,21,22)/t18-/m1/s1. The van der Waals surface area contributed by atoms with Gasteiger partial charge in [-0.2, -0.15) is 0 Å². The molecule has 0 unspecified atom stereocenters. The van der Waals surface area contributed by atoms with E-state index in [1.165, 1.54) is 12.1 Å². The summed E-state index contributed by atoms with van der Waals surface area (Å²) in [6, 6.07) is 13.4. The second-order valence-electron chi connectivity index (χ2n) is 6.08. The van der Waals surface area contributed by atoms with Crippen LogP contribution in [0.3, 0.4) is 0 Å². The lowest BCUT2D eigenvalue weighted by Gasteiger charge is -2.27. The highest BCUT2D eigenvalue weighted by Crippen LogP contribution is 2.59. The first-order valence-electron chi connectivity index (χ1n) is 9.05. The number of carbonyl (C=O) groups excluding carboxylic acids is 1. The van der Waals surface area contributed by atoms with Gasteiger partial charge in [-0.1, -0.05) is 48.0 Å². The van der Waals surface area contributed by atoms with Crippen molar-refractivity contribution in [2.24, 2.45) is 0 Å². The fourth-order valence-electron chi connectivity index (χ4n) is 2.58. The van der Waals surface area contributed by atoms with Crippen LogP contribution in [0.25, 0.3) is 0 Å². The predicted octanol–water partition coefficient (Wildman–Crippen LogP) is 3.95. The van der Waals surface area contributed by atoms with Crippen LogP contribution in [0, 0.1) is 6.92 Å². The van der Waals surface area contributed by atoms with Gasteiger partial charge in [-0.15, -0.1) is 0 Å². The highest BCUT2D eigenvalue weighted by molar-refractivity contribution is 7.90. The molecule has 10 heteroatoms. The summed E-state index contributed by atoms with van der Waals surface area (Å²) in [6.07, 6.45) is 0. The third-order valence-corrected chi connectivity index (χ3v) is 7.52. The topological polar surface area (TPSA) is 111 Å². The van der Waals surface area contributed by atoms with Gasteiger partial charge in [-0.05, 0) is 38.5 Å². The van der Waals surface area contributed by atoms with E-state index in [4.69, 9.17) is 9.05 Å². The van der Waals surface area contributed by atoms with Crippen LogP contribution in [-0.2, 0) is 23.6 Å². The quantitative estimate of drug-likeness (QED) is 0.571. The van der Waals surface area contributed by atoms with Crippen molar-refractivity contribution in [1.29, 1.82) is 0 Å². The maximum atomic E-state index is 13.3. The van der Waals surface area contributed by atoms with E-state index >= 15 is 0 Å². The molecule has 0 aromatic heterocycles. The van der Waals surface area contributed by atoms with E-state index in [-0.39, 0.29) is 18.1 Å². The molecule has 0 saturated carbocycles. The molecule has 29 heavy (non-hydrogen) atoms. The van der Waals surface area contributed by atoms with Gasteiger partial charge in [0.25, 0.3) is 10.0 Å². The first kappa shape index (κ1) is 23.1. The van der Waals surface area contributed by atoms with Crippen molar-refractivity contribution in [3.05, 3.63) is 65.7 Å². The van der Waals surface area contributed by atoms with Crippen molar-refractivity contribution < 1.29 is 26.8 Å². The Kier molecular flexibility index (Phi) is 7.98. The molecule has 158 valence electrons. The van der Waals surface area contributed by atoms with E-state index in [0.717, 1.165) is 5.56 Å². The largest absolute Gasteiger partial charge is 0.357 e. The molecule has 8 nitrogen and oxygen atoms in total. The molecule has 2 aromatic carbocycles. The van der Waals surface area contributed by atoms with Crippen LogP contribution < -0.4 is 10.0 Å². The van der Waals surface area contributed by atoms with Gasteiger partial charge in [0, 0.05) is 0 Å². The maximum absolute atomic E-state index is 13.3. The summed E-state index contributed by atoms with van der Waals surface area (Å²) in [5, 5.41) is 2.44. The van der Waals surface area contributed by atoms with Crippen LogP contribution in [0.1, 0.15) is 30.8 Å². The number of sulfonamides is 1. The van der Waals surface area contributed by atoms with E-state index in [9.17, 15) is 17.8 Å². The number of benzene rings is 2. The highest BCUT2D eigenvalue weighted by atomic mass is 32.2. The summed E-state index contributed by atoms with van der Waals surface area (Å²) in [4.78, 5) is 12.4. The first-order chi connectivity index (χ1) is 13.7. The Balaban J connectivity index is 2.29. The van der Waals surface area contributed by atoms with E-state index in [1.807, 2.05) is 11.6 Å². The average Bonchev–Trinajstić information content (AvgIpc) is 2.67. The zero-order chi connectivity index (χ0) is 21.5. The van der Waals surface area contributed by atoms with Crippen molar-refractivity contribution >= 4 is 23.7 Å². The molecule has 2 aromatic rings. The number of carbonyl (C=O) groups is 1. The lowest BCUT2D eigenvalue weighted by atomic mass is 10.2. The Morgan fingerprint density at radius 1 is 1.00 bits per heavy atom. The molecule has 0 aliphatic carbocycles. The minimum atomic E-state index is -4.11. The van der Waals surface area contributed by atoms with Gasteiger partial charge in [-0.25, -0.2) is 17.9 Å². The Morgan fingerprint density at radius 3 is 2.07 bits per heavy atom. The summed E-state index contributed by atoms with van der Waals surface area (Å²) >= 11 is 0. The van der Waals surface area contributed by atoms with Crippen LogP contribution in [0.5, 0.6) is 0 Å². The number of amides is 2. The summed E-state index contributed by atoms with van der Waals surface area (Å²) in [5.41, 5.74) is 1.34. The molecule has 2 rings (SSSR count). The van der Waals surface area contributed by atoms with Crippen molar-refractivity contribution in [1.82, 2.24) is 10.0 Å². The first-order valence-corrected chi connectivity index (χ1v) is 12.1. The van der Waals surface area contributed by atoms with E-state index in [1.54, 1.807) is 56.3 Å². The smallest absolute Gasteiger partial charge is 0.319 e. The number of urea groups is 1. The van der Waals surface area contributed by atoms with E-state index < -0.39 is 29.4 Å². The second kappa shape index (κ2) is 10.0. The summed E-state index contributed by atoms with van der Waals surface area (Å²) in [7, 11) is -7.92. The monoisotopic (exact) mass is 440 g/mol. The molecule has 0 aliphatic heterocycles. The molecule has 0 heterocycles. The molecule has 2 amide bonds. The predicted molar refractivity (Wildman–Crippen MR) is 110 cm³/mol. The van der Waals surface area contributed by atoms with Crippen LogP contribution in [-0.4, -0.2) is 27.7 Å². The molecule has 0 spiro atoms. The van der Waals surface area contributed by atoms with Crippen molar-refractivity contribution in [3.8, 4) is 0 Å². The average molecular weight is 440 g/mol. The Bertz CT molecular complexity index is 954. The number of aryl methyl sites for hydroxylation is 1. The summed E-state index contributed by atoms with van der Waals surface area (Å²) in [6.45, 7) is 5.29. The van der Waals surface area contributed by atoms with Crippen molar-refractivity contribution in [2.75, 3.05) is 13.2 Å². The Morgan fingerprint density at radius 2 is 1.55 bits per heavy atom. The summed E-state index contributed by atoms with van der Waals surface area (Å²) in [5.74, 6) is -1.18. The highest BCUT2D eigenvalue weighted by Gasteiger charge is 2.38. The maximum Gasteiger partial charge on any atom is 0.357 e. The SMILES string of the molecule is CCOP(=O)(OCC)[C@@H](NC(=O)NS(=O)(=O)c1ccc(C)cc1)c1ccccc1. The van der Waals surface area contributed by atoms with E-state index in [2.05, 4.69) is 5.32 Å². The summed E-state index contributed by atoms with van der Waals surface area (Å²) < 4.78 is 50.9. The van der Waals surface area contributed by atoms with Crippen molar-refractivity contribution in [3.63, 3.8) is 0 Å². The number of hydrogen-bond donors (Lipinski definition) is 2. The van der Waals surface area contributed by atoms with Gasteiger partial charge in [0.05, 0.1) is 18.1 Å². The minimum absolute atomic E-state index is 0.0627. The van der Waals surface area contributed by atoms with Crippen LogP contribution >= 0.6 is 7.60 Å². The van der Waals surface area contributed by atoms with Crippen LogP contribution in [0.4, 0.5) is 4.79 Å². The third kappa shape index (κ3) is 6.14. The fraction of sp³-hybridized carbons (Fsp3) is 0.316.